The van der Waals surface area contributed by atoms with E-state index in [-0.39, 0.29) is 29.7 Å². The van der Waals surface area contributed by atoms with E-state index in [9.17, 15) is 9.90 Å². The standard InChI is InChI=1S/C47H50N10O5/c1-27-17-28(2)19-35(18-27)57-41(55-15-14-54(45(55)60)34-8-10-38-33(21-34)25-48-52(38)6)36-26-53(13-11-37(36)50-57)42(58)40-22-32-20-30(31-12-16-61-46(4,5)24-31)7-9-39(32)56(40)47(23-29(47)3)43-49-44(59)62-51-43/h7-10,14-15,17-22,25,29,31,44,59H,11-13,16,23-24,26H2,1-6H3,(H,49,51)/t29-,31?,44?,47-/m0/s1. The van der Waals surface area contributed by atoms with Gasteiger partial charge in [0.05, 0.1) is 40.9 Å². The number of aromatic nitrogens is 7. The molecular formula is C47H50N10O5. The molecule has 11 rings (SSSR count). The Balaban J connectivity index is 1.02. The Morgan fingerprint density at radius 2 is 1.71 bits per heavy atom. The summed E-state index contributed by atoms with van der Waals surface area (Å²) in [6.45, 7) is 11.9. The predicted octanol–water partition coefficient (Wildman–Crippen LogP) is 6.09. The highest BCUT2D eigenvalue weighted by molar-refractivity contribution is 6.03. The number of carbonyl (C=O) groups is 1. The molecule has 1 aliphatic carbocycles. The summed E-state index contributed by atoms with van der Waals surface area (Å²) in [5, 5.41) is 21.8. The Kier molecular flexibility index (Phi) is 8.63. The Morgan fingerprint density at radius 3 is 2.45 bits per heavy atom. The lowest BCUT2D eigenvalue weighted by molar-refractivity contribution is -0.103. The smallest absolute Gasteiger partial charge is 0.338 e. The SMILES string of the molecule is Cc1cc(C)cc(-n2nc3c(c2-n2ccn(-c4ccc5c(cnn5C)c4)c2=O)CN(C(=O)c2cc4cc(C5CCOC(C)(C)C5)ccc4n2[C@@]2(C4=NC(O)ON4)C[C@@H]2C)CC3)c1. The number of aliphatic hydroxyl groups excluding tert-OH is 1. The van der Waals surface area contributed by atoms with E-state index in [0.29, 0.717) is 49.3 Å². The zero-order chi connectivity index (χ0) is 42.8. The summed E-state index contributed by atoms with van der Waals surface area (Å²) in [6, 6.07) is 20.7. The molecule has 2 fully saturated rings. The van der Waals surface area contributed by atoms with E-state index in [1.54, 1.807) is 27.7 Å². The lowest BCUT2D eigenvalue weighted by Gasteiger charge is -2.35. The summed E-state index contributed by atoms with van der Waals surface area (Å²) in [6.07, 6.45) is 7.07. The van der Waals surface area contributed by atoms with E-state index < -0.39 is 12.0 Å². The van der Waals surface area contributed by atoms with Crippen molar-refractivity contribution in [2.24, 2.45) is 18.0 Å². The normalized spacial score (nSPS) is 23.2. The number of amidine groups is 1. The van der Waals surface area contributed by atoms with Crippen molar-refractivity contribution >= 4 is 33.5 Å². The first kappa shape index (κ1) is 38.6. The van der Waals surface area contributed by atoms with Gasteiger partial charge in [-0.2, -0.15) is 10.2 Å². The maximum absolute atomic E-state index is 15.4. The number of nitrogens with zero attached hydrogens (tertiary/aromatic N) is 9. The van der Waals surface area contributed by atoms with Gasteiger partial charge in [-0.1, -0.05) is 19.1 Å². The molecule has 2 N–H and O–H groups in total. The van der Waals surface area contributed by atoms with Crippen molar-refractivity contribution in [3.05, 3.63) is 123 Å². The maximum atomic E-state index is 15.4. The number of amides is 1. The number of carbonyl (C=O) groups excluding carboxylic acids is 1. The van der Waals surface area contributed by atoms with Gasteiger partial charge in [-0.05, 0) is 124 Å². The third-order valence-electron chi connectivity index (χ3n) is 13.6. The molecule has 4 atom stereocenters. The van der Waals surface area contributed by atoms with Gasteiger partial charge >= 0.3 is 5.69 Å². The van der Waals surface area contributed by atoms with E-state index in [2.05, 4.69) is 91.2 Å². The number of hydroxylamine groups is 1. The molecule has 15 nitrogen and oxygen atoms in total. The molecule has 2 unspecified atom stereocenters. The van der Waals surface area contributed by atoms with Crippen LogP contribution < -0.4 is 11.2 Å². The Hall–Kier alpha value is -6.29. The van der Waals surface area contributed by atoms with Crippen molar-refractivity contribution in [1.82, 2.24) is 43.6 Å². The van der Waals surface area contributed by atoms with Gasteiger partial charge in [-0.25, -0.2) is 24.8 Å². The second-order valence-electron chi connectivity index (χ2n) is 18.3. The van der Waals surface area contributed by atoms with Crippen molar-refractivity contribution in [2.75, 3.05) is 13.2 Å². The van der Waals surface area contributed by atoms with Gasteiger partial charge < -0.3 is 19.3 Å². The highest BCUT2D eigenvalue weighted by Crippen LogP contribution is 2.54. The minimum absolute atomic E-state index is 0.103. The van der Waals surface area contributed by atoms with Crippen LogP contribution in [0.15, 0.2) is 89.0 Å². The van der Waals surface area contributed by atoms with Gasteiger partial charge in [0.1, 0.15) is 17.1 Å². The van der Waals surface area contributed by atoms with Crippen LogP contribution in [0.4, 0.5) is 0 Å². The molecule has 1 saturated heterocycles. The van der Waals surface area contributed by atoms with Crippen LogP contribution in [0.5, 0.6) is 0 Å². The third-order valence-corrected chi connectivity index (χ3v) is 13.6. The van der Waals surface area contributed by atoms with Gasteiger partial charge in [0.15, 0.2) is 5.84 Å². The number of aryl methyl sites for hydroxylation is 3. The van der Waals surface area contributed by atoms with E-state index in [0.717, 1.165) is 68.4 Å². The zero-order valence-electron chi connectivity index (χ0n) is 35.8. The largest absolute Gasteiger partial charge is 0.376 e. The molecule has 0 bridgehead atoms. The van der Waals surface area contributed by atoms with Gasteiger partial charge in [0.2, 0.25) is 0 Å². The Labute approximate surface area is 357 Å². The maximum Gasteiger partial charge on any atom is 0.338 e. The van der Waals surface area contributed by atoms with E-state index in [1.807, 2.05) is 45.6 Å². The quantitative estimate of drug-likeness (QED) is 0.196. The van der Waals surface area contributed by atoms with Gasteiger partial charge in [0.25, 0.3) is 12.3 Å². The van der Waals surface area contributed by atoms with Crippen LogP contribution in [0.3, 0.4) is 0 Å². The molecule has 1 amide bonds. The van der Waals surface area contributed by atoms with E-state index in [4.69, 9.17) is 14.7 Å². The topological polar surface area (TPSA) is 151 Å². The van der Waals surface area contributed by atoms with Crippen molar-refractivity contribution < 1.29 is 19.5 Å². The molecule has 3 aromatic carbocycles. The van der Waals surface area contributed by atoms with E-state index >= 15 is 4.79 Å². The molecule has 7 heterocycles. The number of rotatable bonds is 7. The second kappa shape index (κ2) is 13.9. The minimum Gasteiger partial charge on any atom is -0.376 e. The van der Waals surface area contributed by atoms with E-state index in [1.165, 1.54) is 5.56 Å². The molecule has 62 heavy (non-hydrogen) atoms. The van der Waals surface area contributed by atoms with Gasteiger partial charge in [-0.15, -0.1) is 0 Å². The number of imidazole rings is 1. The number of aliphatic hydroxyl groups is 1. The predicted molar refractivity (Wildman–Crippen MR) is 234 cm³/mol. The number of benzene rings is 3. The Bertz CT molecular complexity index is 3050. The fraction of sp³-hybridized carbons (Fsp3) is 0.383. The van der Waals surface area contributed by atoms with Crippen LogP contribution in [0.25, 0.3) is 39.0 Å². The molecule has 4 aliphatic rings. The average molecular weight is 835 g/mol. The van der Waals surface area contributed by atoms with Crippen LogP contribution >= 0.6 is 0 Å². The molecule has 0 spiro atoms. The molecule has 0 radical (unpaired) electrons. The Morgan fingerprint density at radius 1 is 0.935 bits per heavy atom. The van der Waals surface area contributed by atoms with Crippen molar-refractivity contribution in [2.45, 2.75) is 90.3 Å². The lowest BCUT2D eigenvalue weighted by atomic mass is 9.83. The fourth-order valence-electron chi connectivity index (χ4n) is 10.4. The molecule has 7 aromatic rings. The summed E-state index contributed by atoms with van der Waals surface area (Å²) in [5.74, 6) is 1.39. The van der Waals surface area contributed by atoms with Crippen molar-refractivity contribution in [3.63, 3.8) is 0 Å². The minimum atomic E-state index is -1.33. The lowest BCUT2D eigenvalue weighted by Crippen LogP contribution is -2.42. The van der Waals surface area contributed by atoms with Crippen molar-refractivity contribution in [3.8, 4) is 17.2 Å². The summed E-state index contributed by atoms with van der Waals surface area (Å²) < 4.78 is 15.1. The summed E-state index contributed by atoms with van der Waals surface area (Å²) in [5.41, 5.74) is 10.7. The highest BCUT2D eigenvalue weighted by atomic mass is 16.7. The van der Waals surface area contributed by atoms with Gasteiger partial charge in [-0.3, -0.25) is 18.6 Å². The number of aliphatic imine (C=N–C) groups is 1. The number of fused-ring (bicyclic) bond motifs is 3. The first-order valence-corrected chi connectivity index (χ1v) is 21.5. The van der Waals surface area contributed by atoms with Gasteiger partial charge in [0, 0.05) is 60.9 Å². The van der Waals surface area contributed by atoms with Crippen LogP contribution in [0, 0.1) is 19.8 Å². The van der Waals surface area contributed by atoms with Crippen LogP contribution in [-0.2, 0) is 35.1 Å². The molecule has 3 aliphatic heterocycles. The fourth-order valence-corrected chi connectivity index (χ4v) is 10.4. The molecule has 15 heteroatoms. The first-order chi connectivity index (χ1) is 29.8. The van der Waals surface area contributed by atoms with Crippen LogP contribution in [-0.4, -0.2) is 80.2 Å². The van der Waals surface area contributed by atoms with Crippen LogP contribution in [0.2, 0.25) is 0 Å². The number of nitrogens with one attached hydrogen (secondary N) is 1. The second-order valence-corrected chi connectivity index (χ2v) is 18.3. The number of ether oxygens (including phenoxy) is 1. The summed E-state index contributed by atoms with van der Waals surface area (Å²) >= 11 is 0. The highest BCUT2D eigenvalue weighted by Gasteiger charge is 2.60. The first-order valence-electron chi connectivity index (χ1n) is 21.5. The molecule has 318 valence electrons. The average Bonchev–Trinajstić information content (AvgIpc) is 3.86. The molecule has 4 aromatic heterocycles. The molecule has 1 saturated carbocycles. The number of hydrogen-bond donors (Lipinski definition) is 2. The molecular weight excluding hydrogens is 785 g/mol. The zero-order valence-corrected chi connectivity index (χ0v) is 35.8. The van der Waals surface area contributed by atoms with Crippen molar-refractivity contribution in [1.29, 1.82) is 0 Å². The van der Waals surface area contributed by atoms with Crippen LogP contribution in [0.1, 0.15) is 84.4 Å². The summed E-state index contributed by atoms with van der Waals surface area (Å²) in [7, 11) is 1.90. The number of hydrogen-bond acceptors (Lipinski definition) is 9. The summed E-state index contributed by atoms with van der Waals surface area (Å²) in [4.78, 5) is 41.6. The monoisotopic (exact) mass is 834 g/mol. The third kappa shape index (κ3) is 6.08.